The minimum absolute atomic E-state index is 0.00482. The fraction of sp³-hybridized carbons (Fsp3) is 0.286. The van der Waals surface area contributed by atoms with Gasteiger partial charge in [0.15, 0.2) is 0 Å². The summed E-state index contributed by atoms with van der Waals surface area (Å²) in [6.45, 7) is 2.05. The van der Waals surface area contributed by atoms with E-state index in [1.807, 2.05) is 60.5 Å². The molecule has 5 nitrogen and oxygen atoms in total. The van der Waals surface area contributed by atoms with Gasteiger partial charge in [0.2, 0.25) is 5.91 Å². The number of carbonyl (C=O) groups excluding carboxylic acids is 1. The maximum absolute atomic E-state index is 12.9. The van der Waals surface area contributed by atoms with Crippen LogP contribution in [0.1, 0.15) is 36.4 Å². The summed E-state index contributed by atoms with van der Waals surface area (Å²) in [5.74, 6) is 0.426. The van der Waals surface area contributed by atoms with E-state index in [0.29, 0.717) is 0 Å². The highest BCUT2D eigenvalue weighted by atomic mass is 35.5. The fourth-order valence-electron chi connectivity index (χ4n) is 3.51. The highest BCUT2D eigenvalue weighted by Gasteiger charge is 2.46. The lowest BCUT2D eigenvalue weighted by molar-refractivity contribution is -0.133. The molecule has 0 bridgehead atoms. The molecule has 0 aliphatic heterocycles. The lowest BCUT2D eigenvalue weighted by Crippen LogP contribution is -2.31. The summed E-state index contributed by atoms with van der Waals surface area (Å²) in [7, 11) is 1.88. The number of carbonyl (C=O) groups is 1. The highest BCUT2D eigenvalue weighted by Crippen LogP contribution is 2.50. The van der Waals surface area contributed by atoms with Gasteiger partial charge in [0.1, 0.15) is 12.7 Å². The number of hydrogen-bond acceptors (Lipinski definition) is 3. The normalized spacial score (nSPS) is 19.5. The molecule has 1 aromatic heterocycles. The molecule has 0 N–H and O–H groups in total. The first kappa shape index (κ1) is 17.7. The Balaban J connectivity index is 1.44. The minimum atomic E-state index is -0.00482. The van der Waals surface area contributed by atoms with E-state index in [-0.39, 0.29) is 23.8 Å². The van der Waals surface area contributed by atoms with Crippen molar-refractivity contribution in [2.45, 2.75) is 25.3 Å². The summed E-state index contributed by atoms with van der Waals surface area (Å²) in [6, 6.07) is 15.8. The number of halogens is 1. The van der Waals surface area contributed by atoms with Crippen molar-refractivity contribution in [1.82, 2.24) is 19.7 Å². The van der Waals surface area contributed by atoms with E-state index in [9.17, 15) is 4.79 Å². The van der Waals surface area contributed by atoms with Crippen LogP contribution in [0.25, 0.3) is 5.69 Å². The van der Waals surface area contributed by atoms with Crippen molar-refractivity contribution in [2.75, 3.05) is 7.05 Å². The van der Waals surface area contributed by atoms with Crippen LogP contribution in [0.2, 0.25) is 5.02 Å². The monoisotopic (exact) mass is 380 g/mol. The lowest BCUT2D eigenvalue weighted by atomic mass is 10.1. The molecule has 1 aliphatic rings. The Morgan fingerprint density at radius 3 is 2.63 bits per heavy atom. The second-order valence-electron chi connectivity index (χ2n) is 7.03. The van der Waals surface area contributed by atoms with Crippen molar-refractivity contribution >= 4 is 17.5 Å². The van der Waals surface area contributed by atoms with Gasteiger partial charge in [0.25, 0.3) is 0 Å². The van der Waals surface area contributed by atoms with Crippen LogP contribution < -0.4 is 0 Å². The second-order valence-corrected chi connectivity index (χ2v) is 7.43. The molecular formula is C21H21ClN4O. The minimum Gasteiger partial charge on any atom is -0.339 e. The van der Waals surface area contributed by atoms with Crippen LogP contribution >= 0.6 is 11.6 Å². The Morgan fingerprint density at radius 1 is 1.22 bits per heavy atom. The molecule has 27 heavy (non-hydrogen) atoms. The standard InChI is InChI=1S/C21H21ClN4O/c1-14(15-7-9-16(10-8-15)26-13-23-12-24-26)25(2)21(27)19-11-18(19)17-5-3-4-6-20(17)22/h3-10,12-14,18-19H,11H2,1-2H3. The van der Waals surface area contributed by atoms with Gasteiger partial charge in [-0.1, -0.05) is 41.9 Å². The number of rotatable bonds is 5. The van der Waals surface area contributed by atoms with Crippen molar-refractivity contribution in [2.24, 2.45) is 5.92 Å². The third-order valence-electron chi connectivity index (χ3n) is 5.40. The van der Waals surface area contributed by atoms with Gasteiger partial charge in [-0.05, 0) is 48.6 Å². The molecule has 0 spiro atoms. The second kappa shape index (κ2) is 7.16. The lowest BCUT2D eigenvalue weighted by Gasteiger charge is -2.26. The molecule has 3 aromatic rings. The highest BCUT2D eigenvalue weighted by molar-refractivity contribution is 6.31. The van der Waals surface area contributed by atoms with Crippen LogP contribution in [0.4, 0.5) is 0 Å². The number of nitrogens with zero attached hydrogens (tertiary/aromatic N) is 4. The van der Waals surface area contributed by atoms with Crippen LogP contribution in [0.3, 0.4) is 0 Å². The van der Waals surface area contributed by atoms with E-state index in [1.165, 1.54) is 6.33 Å². The zero-order valence-electron chi connectivity index (χ0n) is 15.3. The molecule has 1 saturated carbocycles. The van der Waals surface area contributed by atoms with Crippen molar-refractivity contribution in [3.63, 3.8) is 0 Å². The molecule has 2 aromatic carbocycles. The Hall–Kier alpha value is -2.66. The Morgan fingerprint density at radius 2 is 1.96 bits per heavy atom. The summed E-state index contributed by atoms with van der Waals surface area (Å²) in [6.07, 6.45) is 4.04. The largest absolute Gasteiger partial charge is 0.339 e. The first-order valence-corrected chi connectivity index (χ1v) is 9.40. The predicted octanol–water partition coefficient (Wildman–Crippen LogP) is 4.24. The van der Waals surface area contributed by atoms with Gasteiger partial charge in [-0.2, -0.15) is 5.10 Å². The summed E-state index contributed by atoms with van der Waals surface area (Å²) < 4.78 is 1.71. The topological polar surface area (TPSA) is 51.0 Å². The van der Waals surface area contributed by atoms with Crippen molar-refractivity contribution < 1.29 is 4.79 Å². The predicted molar refractivity (Wildman–Crippen MR) is 105 cm³/mol. The summed E-state index contributed by atoms with van der Waals surface area (Å²) >= 11 is 6.29. The van der Waals surface area contributed by atoms with Gasteiger partial charge in [-0.3, -0.25) is 4.79 Å². The van der Waals surface area contributed by atoms with E-state index in [2.05, 4.69) is 17.0 Å². The number of hydrogen-bond donors (Lipinski definition) is 0. The molecule has 0 saturated heterocycles. The van der Waals surface area contributed by atoms with Crippen molar-refractivity contribution in [3.8, 4) is 5.69 Å². The summed E-state index contributed by atoms with van der Waals surface area (Å²) in [4.78, 5) is 18.7. The molecular weight excluding hydrogens is 360 g/mol. The van der Waals surface area contributed by atoms with Crippen LogP contribution in [-0.4, -0.2) is 32.6 Å². The van der Waals surface area contributed by atoms with Crippen LogP contribution in [0, 0.1) is 5.92 Å². The fourth-order valence-corrected chi connectivity index (χ4v) is 3.79. The molecule has 1 amide bonds. The smallest absolute Gasteiger partial charge is 0.226 e. The molecule has 0 radical (unpaired) electrons. The van der Waals surface area contributed by atoms with E-state index in [1.54, 1.807) is 11.0 Å². The van der Waals surface area contributed by atoms with E-state index < -0.39 is 0 Å². The SMILES string of the molecule is CC(c1ccc(-n2cncn2)cc1)N(C)C(=O)C1CC1c1ccccc1Cl. The van der Waals surface area contributed by atoms with Crippen LogP contribution in [-0.2, 0) is 4.79 Å². The molecule has 3 atom stereocenters. The van der Waals surface area contributed by atoms with Crippen LogP contribution in [0.15, 0.2) is 61.2 Å². The van der Waals surface area contributed by atoms with Crippen LogP contribution in [0.5, 0.6) is 0 Å². The number of aromatic nitrogens is 3. The van der Waals surface area contributed by atoms with E-state index in [0.717, 1.165) is 28.3 Å². The molecule has 138 valence electrons. The van der Waals surface area contributed by atoms with Gasteiger partial charge >= 0.3 is 0 Å². The first-order valence-electron chi connectivity index (χ1n) is 9.02. The molecule has 1 aliphatic carbocycles. The summed E-state index contributed by atoms with van der Waals surface area (Å²) in [5.41, 5.74) is 3.11. The Kier molecular flexibility index (Phi) is 4.70. The van der Waals surface area contributed by atoms with E-state index >= 15 is 0 Å². The quantitative estimate of drug-likeness (QED) is 0.665. The van der Waals surface area contributed by atoms with E-state index in [4.69, 9.17) is 11.6 Å². The number of amides is 1. The van der Waals surface area contributed by atoms with Gasteiger partial charge in [0, 0.05) is 18.0 Å². The number of benzene rings is 2. The third kappa shape index (κ3) is 3.47. The van der Waals surface area contributed by atoms with Gasteiger partial charge in [-0.25, -0.2) is 9.67 Å². The summed E-state index contributed by atoms with van der Waals surface area (Å²) in [5, 5.41) is 4.88. The van der Waals surface area contributed by atoms with Crippen molar-refractivity contribution in [3.05, 3.63) is 77.3 Å². The average molecular weight is 381 g/mol. The molecule has 3 unspecified atom stereocenters. The Bertz CT molecular complexity index is 939. The average Bonchev–Trinajstić information content (AvgIpc) is 3.29. The molecule has 1 fully saturated rings. The molecule has 4 rings (SSSR count). The Labute approximate surface area is 163 Å². The first-order chi connectivity index (χ1) is 13.1. The molecule has 6 heteroatoms. The third-order valence-corrected chi connectivity index (χ3v) is 5.74. The zero-order chi connectivity index (χ0) is 19.0. The maximum atomic E-state index is 12.9. The van der Waals surface area contributed by atoms with Crippen molar-refractivity contribution in [1.29, 1.82) is 0 Å². The van der Waals surface area contributed by atoms with Gasteiger partial charge in [-0.15, -0.1) is 0 Å². The maximum Gasteiger partial charge on any atom is 0.226 e. The van der Waals surface area contributed by atoms with Gasteiger partial charge < -0.3 is 4.90 Å². The van der Waals surface area contributed by atoms with Gasteiger partial charge in [0.05, 0.1) is 11.7 Å². The molecule has 1 heterocycles. The zero-order valence-corrected chi connectivity index (χ0v) is 16.0.